The molecule has 0 spiro atoms. The molecule has 5 nitrogen and oxygen atoms in total. The molecule has 1 aromatic rings. The molecule has 1 heterocycles. The molecular formula is C18H27N2O3+. The number of benzene rings is 1. The molecule has 2 rings (SSSR count). The van der Waals surface area contributed by atoms with Gasteiger partial charge in [-0.2, -0.15) is 0 Å². The lowest BCUT2D eigenvalue weighted by Crippen LogP contribution is -3.15. The number of para-hydroxylation sites is 1. The van der Waals surface area contributed by atoms with E-state index in [1.807, 2.05) is 0 Å². The molecule has 1 saturated heterocycles. The van der Waals surface area contributed by atoms with Crippen molar-refractivity contribution in [2.75, 3.05) is 31.6 Å². The van der Waals surface area contributed by atoms with Crippen molar-refractivity contribution in [1.29, 1.82) is 0 Å². The number of ether oxygens (including phenoxy) is 1. The Morgan fingerprint density at radius 3 is 2.52 bits per heavy atom. The Balaban J connectivity index is 1.99. The third-order valence-electron chi connectivity index (χ3n) is 4.19. The highest BCUT2D eigenvalue weighted by Gasteiger charge is 2.27. The normalized spacial score (nSPS) is 24.0. The maximum absolute atomic E-state index is 12.3. The molecule has 2 N–H and O–H groups in total. The van der Waals surface area contributed by atoms with Crippen molar-refractivity contribution in [3.05, 3.63) is 29.8 Å². The predicted molar refractivity (Wildman–Crippen MR) is 89.5 cm³/mol. The number of rotatable bonds is 5. The summed E-state index contributed by atoms with van der Waals surface area (Å²) in [6.07, 6.45) is 1.23. The van der Waals surface area contributed by atoms with Gasteiger partial charge in [0.05, 0.1) is 30.9 Å². The Labute approximate surface area is 138 Å². The first-order valence-electron chi connectivity index (χ1n) is 8.39. The number of carbonyl (C=O) groups is 2. The van der Waals surface area contributed by atoms with Crippen LogP contribution in [-0.2, 0) is 9.53 Å². The van der Waals surface area contributed by atoms with Gasteiger partial charge in [0.1, 0.15) is 0 Å². The highest BCUT2D eigenvalue weighted by molar-refractivity contribution is 6.01. The Hall–Kier alpha value is -1.88. The third-order valence-corrected chi connectivity index (χ3v) is 4.19. The quantitative estimate of drug-likeness (QED) is 0.806. The first kappa shape index (κ1) is 17.5. The molecule has 1 aliphatic heterocycles. The van der Waals surface area contributed by atoms with Crippen LogP contribution in [0.25, 0.3) is 0 Å². The van der Waals surface area contributed by atoms with Crippen LogP contribution < -0.4 is 10.2 Å². The van der Waals surface area contributed by atoms with Gasteiger partial charge in [0.15, 0.2) is 6.54 Å². The van der Waals surface area contributed by atoms with Crippen LogP contribution in [0.15, 0.2) is 24.3 Å². The highest BCUT2D eigenvalue weighted by atomic mass is 16.5. The molecule has 1 aliphatic rings. The van der Waals surface area contributed by atoms with Crippen molar-refractivity contribution in [2.24, 2.45) is 11.8 Å². The van der Waals surface area contributed by atoms with Crippen molar-refractivity contribution >= 4 is 17.6 Å². The molecule has 1 aromatic carbocycles. The van der Waals surface area contributed by atoms with Crippen molar-refractivity contribution in [3.63, 3.8) is 0 Å². The van der Waals surface area contributed by atoms with E-state index >= 15 is 0 Å². The first-order valence-corrected chi connectivity index (χ1v) is 8.39. The Kier molecular flexibility index (Phi) is 6.16. The molecule has 0 bridgehead atoms. The Morgan fingerprint density at radius 2 is 1.87 bits per heavy atom. The first-order chi connectivity index (χ1) is 11.0. The van der Waals surface area contributed by atoms with Crippen molar-refractivity contribution in [1.82, 2.24) is 0 Å². The van der Waals surface area contributed by atoms with Crippen LogP contribution in [0, 0.1) is 11.8 Å². The van der Waals surface area contributed by atoms with Gasteiger partial charge < -0.3 is 15.0 Å². The number of amides is 1. The molecule has 0 aliphatic carbocycles. The van der Waals surface area contributed by atoms with Crippen molar-refractivity contribution in [2.45, 2.75) is 27.2 Å². The zero-order chi connectivity index (χ0) is 16.8. The van der Waals surface area contributed by atoms with E-state index in [0.717, 1.165) is 13.1 Å². The topological polar surface area (TPSA) is 59.8 Å². The largest absolute Gasteiger partial charge is 0.462 e. The second kappa shape index (κ2) is 8.11. The lowest BCUT2D eigenvalue weighted by atomic mass is 9.92. The van der Waals surface area contributed by atoms with Crippen LogP contribution in [-0.4, -0.2) is 38.1 Å². The number of carbonyl (C=O) groups excluding carboxylic acids is 2. The molecule has 0 aromatic heterocycles. The van der Waals surface area contributed by atoms with Crippen molar-refractivity contribution in [3.8, 4) is 0 Å². The average molecular weight is 319 g/mol. The van der Waals surface area contributed by atoms with Crippen LogP contribution in [0.5, 0.6) is 0 Å². The molecular weight excluding hydrogens is 292 g/mol. The van der Waals surface area contributed by atoms with Crippen LogP contribution in [0.4, 0.5) is 5.69 Å². The van der Waals surface area contributed by atoms with E-state index in [1.165, 1.54) is 11.3 Å². The van der Waals surface area contributed by atoms with Crippen LogP contribution in [0.3, 0.4) is 0 Å². The van der Waals surface area contributed by atoms with Gasteiger partial charge in [0, 0.05) is 11.8 Å². The third kappa shape index (κ3) is 5.06. The van der Waals surface area contributed by atoms with Crippen LogP contribution in [0.1, 0.15) is 37.6 Å². The maximum atomic E-state index is 12.3. The van der Waals surface area contributed by atoms with E-state index in [4.69, 9.17) is 4.74 Å². The summed E-state index contributed by atoms with van der Waals surface area (Å²) in [5, 5.41) is 2.87. The van der Waals surface area contributed by atoms with Gasteiger partial charge >= 0.3 is 5.97 Å². The van der Waals surface area contributed by atoms with Gasteiger partial charge in [0.2, 0.25) is 0 Å². The fraction of sp³-hybridized carbons (Fsp3) is 0.556. The standard InChI is InChI=1S/C18H26N2O3/c1-4-23-18(22)15-7-5-6-8-16(15)19-17(21)12-20-10-13(2)9-14(3)11-20/h5-8,13-14H,4,9-12H2,1-3H3,(H,19,21)/p+1/t13-,14-/m0/s1. The van der Waals surface area contributed by atoms with E-state index in [9.17, 15) is 9.59 Å². The van der Waals surface area contributed by atoms with E-state index in [0.29, 0.717) is 36.2 Å². The molecule has 0 saturated carbocycles. The van der Waals surface area contributed by atoms with Gasteiger partial charge in [-0.1, -0.05) is 26.0 Å². The van der Waals surface area contributed by atoms with E-state index in [1.54, 1.807) is 31.2 Å². The second-order valence-corrected chi connectivity index (χ2v) is 6.60. The minimum atomic E-state index is -0.407. The predicted octanol–water partition coefficient (Wildman–Crippen LogP) is 1.36. The number of anilines is 1. The number of quaternary nitrogens is 1. The van der Waals surface area contributed by atoms with Crippen LogP contribution >= 0.6 is 0 Å². The molecule has 0 radical (unpaired) electrons. The van der Waals surface area contributed by atoms with Gasteiger partial charge in [-0.15, -0.1) is 0 Å². The van der Waals surface area contributed by atoms with Crippen LogP contribution in [0.2, 0.25) is 0 Å². The number of esters is 1. The summed E-state index contributed by atoms with van der Waals surface area (Å²) in [6, 6.07) is 6.98. The molecule has 1 fully saturated rings. The zero-order valence-electron chi connectivity index (χ0n) is 14.2. The summed E-state index contributed by atoms with van der Waals surface area (Å²) in [6.45, 7) is 9.05. The number of hydrogen-bond donors (Lipinski definition) is 2. The smallest absolute Gasteiger partial charge is 0.340 e. The van der Waals surface area contributed by atoms with Gasteiger partial charge in [-0.05, 0) is 25.5 Å². The summed E-state index contributed by atoms with van der Waals surface area (Å²) < 4.78 is 5.03. The molecule has 126 valence electrons. The minimum Gasteiger partial charge on any atom is -0.462 e. The van der Waals surface area contributed by atoms with E-state index < -0.39 is 5.97 Å². The lowest BCUT2D eigenvalue weighted by Gasteiger charge is -2.31. The van der Waals surface area contributed by atoms with Gasteiger partial charge in [0.25, 0.3) is 5.91 Å². The number of piperidine rings is 1. The molecule has 23 heavy (non-hydrogen) atoms. The summed E-state index contributed by atoms with van der Waals surface area (Å²) in [5.74, 6) is 0.829. The minimum absolute atomic E-state index is 0.0574. The zero-order valence-corrected chi connectivity index (χ0v) is 14.2. The SMILES string of the molecule is CCOC(=O)c1ccccc1NC(=O)C[NH+]1C[C@@H](C)C[C@H](C)C1. The fourth-order valence-corrected chi connectivity index (χ4v) is 3.47. The summed E-state index contributed by atoms with van der Waals surface area (Å²) >= 11 is 0. The van der Waals surface area contributed by atoms with Gasteiger partial charge in [-0.25, -0.2) is 4.79 Å². The maximum Gasteiger partial charge on any atom is 0.340 e. The van der Waals surface area contributed by atoms with Gasteiger partial charge in [-0.3, -0.25) is 4.79 Å². The molecule has 0 unspecified atom stereocenters. The number of likely N-dealkylation sites (tertiary alicyclic amines) is 1. The van der Waals surface area contributed by atoms with E-state index in [2.05, 4.69) is 19.2 Å². The summed E-state index contributed by atoms with van der Waals surface area (Å²) in [7, 11) is 0. The monoisotopic (exact) mass is 319 g/mol. The number of hydrogen-bond acceptors (Lipinski definition) is 3. The molecule has 2 atom stereocenters. The van der Waals surface area contributed by atoms with Crippen molar-refractivity contribution < 1.29 is 19.2 Å². The average Bonchev–Trinajstić information content (AvgIpc) is 2.46. The summed E-state index contributed by atoms with van der Waals surface area (Å²) in [4.78, 5) is 25.6. The number of nitrogens with one attached hydrogen (secondary N) is 2. The Morgan fingerprint density at radius 1 is 1.22 bits per heavy atom. The Bertz CT molecular complexity index is 549. The fourth-order valence-electron chi connectivity index (χ4n) is 3.47. The summed E-state index contributed by atoms with van der Waals surface area (Å²) in [5.41, 5.74) is 0.923. The van der Waals surface area contributed by atoms with E-state index in [-0.39, 0.29) is 5.91 Å². The lowest BCUT2D eigenvalue weighted by molar-refractivity contribution is -0.904. The highest BCUT2D eigenvalue weighted by Crippen LogP contribution is 2.16. The second-order valence-electron chi connectivity index (χ2n) is 6.60. The molecule has 1 amide bonds. The molecule has 5 heteroatoms.